The topological polar surface area (TPSA) is 180 Å². The third kappa shape index (κ3) is 8.50. The molecule has 5 N–H and O–H groups in total. The van der Waals surface area contributed by atoms with Crippen LogP contribution in [0.1, 0.15) is 54.4 Å². The van der Waals surface area contributed by atoms with Gasteiger partial charge in [-0.2, -0.15) is 0 Å². The van der Waals surface area contributed by atoms with Crippen molar-refractivity contribution in [3.63, 3.8) is 0 Å². The Morgan fingerprint density at radius 2 is 1.12 bits per heavy atom. The first kappa shape index (κ1) is 27.4. The predicted molar refractivity (Wildman–Crippen MR) is 112 cm³/mol. The zero-order valence-corrected chi connectivity index (χ0v) is 19.4. The van der Waals surface area contributed by atoms with Gasteiger partial charge in [-0.25, -0.2) is 14.4 Å². The average Bonchev–Trinajstić information content (AvgIpc) is 3.15. The molecule has 2 heterocycles. The van der Waals surface area contributed by atoms with Crippen LogP contribution in [0.5, 0.6) is 0 Å². The minimum Gasteiger partial charge on any atom is -0.480 e. The Morgan fingerprint density at radius 3 is 1.44 bits per heavy atom. The number of primary amides is 1. The summed E-state index contributed by atoms with van der Waals surface area (Å²) in [6.07, 6.45) is -2.61. The van der Waals surface area contributed by atoms with Crippen molar-refractivity contribution in [2.24, 2.45) is 5.73 Å². The molecule has 2 aliphatic rings. The molecule has 0 unspecified atom stereocenters. The van der Waals surface area contributed by atoms with Gasteiger partial charge in [-0.15, -0.1) is 0 Å². The third-order valence-electron chi connectivity index (χ3n) is 4.43. The van der Waals surface area contributed by atoms with Gasteiger partial charge in [0.15, 0.2) is 0 Å². The number of aliphatic hydroxyl groups is 2. The van der Waals surface area contributed by atoms with Gasteiger partial charge in [0.1, 0.15) is 23.3 Å². The number of carboxylic acid groups (broad SMARTS) is 1. The lowest BCUT2D eigenvalue weighted by molar-refractivity contribution is -0.142. The van der Waals surface area contributed by atoms with Gasteiger partial charge in [0, 0.05) is 12.8 Å². The lowest BCUT2D eigenvalue weighted by Gasteiger charge is -2.26. The minimum atomic E-state index is -1.12. The van der Waals surface area contributed by atoms with Crippen LogP contribution in [-0.4, -0.2) is 97.8 Å². The van der Waals surface area contributed by atoms with E-state index in [1.54, 1.807) is 41.5 Å². The Labute approximate surface area is 187 Å². The zero-order valence-electron chi connectivity index (χ0n) is 19.4. The fraction of sp³-hybridized carbons (Fsp3) is 0.800. The Kier molecular flexibility index (Phi) is 8.87. The molecule has 2 aliphatic heterocycles. The van der Waals surface area contributed by atoms with Gasteiger partial charge in [0.2, 0.25) is 5.91 Å². The molecule has 0 aromatic rings. The fourth-order valence-electron chi connectivity index (χ4n) is 3.18. The average molecular weight is 462 g/mol. The van der Waals surface area contributed by atoms with E-state index in [1.165, 1.54) is 4.90 Å². The molecule has 0 aromatic carbocycles. The largest absolute Gasteiger partial charge is 0.480 e. The summed E-state index contributed by atoms with van der Waals surface area (Å²) in [5.41, 5.74) is 3.85. The first-order chi connectivity index (χ1) is 14.4. The molecule has 0 radical (unpaired) electrons. The number of amides is 3. The number of β-amino-alcohol motifs (C(OH)–C–C–N with tert-alkyl or cyclic N) is 2. The first-order valence-corrected chi connectivity index (χ1v) is 10.3. The smallest absolute Gasteiger partial charge is 0.411 e. The van der Waals surface area contributed by atoms with Crippen LogP contribution in [0.3, 0.4) is 0 Å². The maximum absolute atomic E-state index is 11.7. The van der Waals surface area contributed by atoms with Crippen LogP contribution >= 0.6 is 0 Å². The SMILES string of the molecule is CC(C)(C)OC(=O)N1C[C@H](O)C[C@H]1C(=O)O.CC(C)(C)OC(=O)N1C[C@H](O)C[C@H]1C(N)=O. The van der Waals surface area contributed by atoms with E-state index in [1.807, 2.05) is 0 Å². The molecule has 0 spiro atoms. The highest BCUT2D eigenvalue weighted by atomic mass is 16.6. The van der Waals surface area contributed by atoms with Crippen LogP contribution in [0, 0.1) is 0 Å². The fourth-order valence-corrected chi connectivity index (χ4v) is 3.18. The highest BCUT2D eigenvalue weighted by Crippen LogP contribution is 2.22. The quantitative estimate of drug-likeness (QED) is 0.449. The van der Waals surface area contributed by atoms with Crippen molar-refractivity contribution in [1.29, 1.82) is 0 Å². The summed E-state index contributed by atoms with van der Waals surface area (Å²) in [6.45, 7) is 10.4. The maximum atomic E-state index is 11.7. The number of carbonyl (C=O) groups is 4. The molecule has 184 valence electrons. The standard InChI is InChI=1S/C10H18N2O4.C10H17NO5/c1-10(2,3)16-9(15)12-5-6(13)4-7(12)8(11)14;1-10(2,3)16-9(15)11-5-6(12)4-7(11)8(13)14/h6-7,13H,4-5H2,1-3H3,(H2,11,14);6-7,12H,4-5H2,1-3H3,(H,13,14)/t2*6-,7+/m11/s1. The molecular formula is C20H35N3O9. The predicted octanol–water partition coefficient (Wildman–Crippen LogP) is 0.283. The van der Waals surface area contributed by atoms with Crippen LogP contribution < -0.4 is 5.73 Å². The second kappa shape index (κ2) is 10.3. The molecule has 2 fully saturated rings. The number of hydrogen-bond acceptors (Lipinski definition) is 8. The van der Waals surface area contributed by atoms with Gasteiger partial charge in [-0.3, -0.25) is 14.6 Å². The highest BCUT2D eigenvalue weighted by molar-refractivity contribution is 5.85. The lowest BCUT2D eigenvalue weighted by atomic mass is 10.2. The molecule has 0 aromatic heterocycles. The molecule has 32 heavy (non-hydrogen) atoms. The number of likely N-dealkylation sites (tertiary alicyclic amines) is 2. The Hall–Kier alpha value is -2.60. The van der Waals surface area contributed by atoms with Crippen molar-refractivity contribution < 1.29 is 44.0 Å². The van der Waals surface area contributed by atoms with E-state index in [0.29, 0.717) is 0 Å². The Balaban J connectivity index is 0.000000320. The van der Waals surface area contributed by atoms with Crippen molar-refractivity contribution in [3.05, 3.63) is 0 Å². The van der Waals surface area contributed by atoms with Crippen LogP contribution in [-0.2, 0) is 19.1 Å². The number of rotatable bonds is 2. The van der Waals surface area contributed by atoms with E-state index in [0.717, 1.165) is 4.90 Å². The molecule has 2 rings (SSSR count). The summed E-state index contributed by atoms with van der Waals surface area (Å²) in [6, 6.07) is -1.77. The zero-order chi connectivity index (χ0) is 25.0. The van der Waals surface area contributed by atoms with Crippen LogP contribution in [0.15, 0.2) is 0 Å². The summed E-state index contributed by atoms with van der Waals surface area (Å²) >= 11 is 0. The lowest BCUT2D eigenvalue weighted by Crippen LogP contribution is -2.45. The monoisotopic (exact) mass is 461 g/mol. The van der Waals surface area contributed by atoms with Gasteiger partial charge in [-0.1, -0.05) is 0 Å². The summed E-state index contributed by atoms with van der Waals surface area (Å²) in [5.74, 6) is -1.75. The first-order valence-electron chi connectivity index (χ1n) is 10.3. The van der Waals surface area contributed by atoms with Crippen LogP contribution in [0.25, 0.3) is 0 Å². The summed E-state index contributed by atoms with van der Waals surface area (Å²) in [5, 5.41) is 27.7. The number of carbonyl (C=O) groups excluding carboxylic acids is 3. The van der Waals surface area contributed by atoms with E-state index in [4.69, 9.17) is 20.3 Å². The van der Waals surface area contributed by atoms with E-state index in [2.05, 4.69) is 0 Å². The summed E-state index contributed by atoms with van der Waals surface area (Å²) < 4.78 is 10.2. The van der Waals surface area contributed by atoms with Crippen molar-refractivity contribution in [2.75, 3.05) is 13.1 Å². The van der Waals surface area contributed by atoms with Gasteiger partial charge in [0.25, 0.3) is 0 Å². The second-order valence-corrected chi connectivity index (χ2v) is 9.82. The number of hydrogen-bond donors (Lipinski definition) is 4. The van der Waals surface area contributed by atoms with Gasteiger partial charge in [0.05, 0.1) is 25.3 Å². The van der Waals surface area contributed by atoms with E-state index in [9.17, 15) is 29.4 Å². The van der Waals surface area contributed by atoms with E-state index >= 15 is 0 Å². The van der Waals surface area contributed by atoms with Crippen molar-refractivity contribution in [3.8, 4) is 0 Å². The molecule has 12 nitrogen and oxygen atoms in total. The molecule has 12 heteroatoms. The maximum Gasteiger partial charge on any atom is 0.411 e. The van der Waals surface area contributed by atoms with Gasteiger partial charge < -0.3 is 30.5 Å². The van der Waals surface area contributed by atoms with Gasteiger partial charge in [-0.05, 0) is 41.5 Å². The third-order valence-corrected chi connectivity index (χ3v) is 4.43. The number of aliphatic hydroxyl groups excluding tert-OH is 2. The number of carboxylic acids is 1. The van der Waals surface area contributed by atoms with Gasteiger partial charge >= 0.3 is 18.2 Å². The Morgan fingerprint density at radius 1 is 0.781 bits per heavy atom. The molecule has 4 atom stereocenters. The molecule has 3 amide bonds. The minimum absolute atomic E-state index is 0.00583. The molecule has 0 aliphatic carbocycles. The molecular weight excluding hydrogens is 426 g/mol. The van der Waals surface area contributed by atoms with E-state index < -0.39 is 59.6 Å². The summed E-state index contributed by atoms with van der Waals surface area (Å²) in [4.78, 5) is 47.5. The van der Waals surface area contributed by atoms with E-state index in [-0.39, 0.29) is 25.9 Å². The normalized spacial score (nSPS) is 25.6. The van der Waals surface area contributed by atoms with Crippen molar-refractivity contribution in [1.82, 2.24) is 9.80 Å². The molecule has 2 saturated heterocycles. The summed E-state index contributed by atoms with van der Waals surface area (Å²) in [7, 11) is 0. The number of ether oxygens (including phenoxy) is 2. The number of aliphatic carboxylic acids is 1. The second-order valence-electron chi connectivity index (χ2n) is 9.82. The molecule has 0 bridgehead atoms. The van der Waals surface area contributed by atoms with Crippen LogP contribution in [0.4, 0.5) is 9.59 Å². The number of nitrogens with zero attached hydrogens (tertiary/aromatic N) is 2. The van der Waals surface area contributed by atoms with Crippen molar-refractivity contribution in [2.45, 2.75) is 89.9 Å². The molecule has 0 saturated carbocycles. The van der Waals surface area contributed by atoms with Crippen molar-refractivity contribution >= 4 is 24.1 Å². The highest BCUT2D eigenvalue weighted by Gasteiger charge is 2.41. The number of nitrogens with two attached hydrogens (primary N) is 1. The Bertz CT molecular complexity index is 654. The van der Waals surface area contributed by atoms with Crippen LogP contribution in [0.2, 0.25) is 0 Å².